The number of likely N-dealkylation sites (tertiary alicyclic amines) is 1. The largest absolute Gasteiger partial charge is 0.381 e. The highest BCUT2D eigenvalue weighted by Gasteiger charge is 2.18. The summed E-state index contributed by atoms with van der Waals surface area (Å²) in [4.78, 5) is 2.64. The molecule has 1 N–H and O–H groups in total. The van der Waals surface area contributed by atoms with Crippen LogP contribution in [-0.4, -0.2) is 50.3 Å². The molecular formula is C15H30N2O. The molecule has 0 radical (unpaired) electrons. The van der Waals surface area contributed by atoms with Crippen LogP contribution >= 0.6 is 0 Å². The van der Waals surface area contributed by atoms with Crippen molar-refractivity contribution in [2.75, 3.05) is 39.4 Å². The molecule has 0 atom stereocenters. The Labute approximate surface area is 112 Å². The molecule has 2 rings (SSSR count). The minimum atomic E-state index is 0.705. The third-order valence-corrected chi connectivity index (χ3v) is 4.49. The van der Waals surface area contributed by atoms with Crippen LogP contribution < -0.4 is 5.32 Å². The first-order chi connectivity index (χ1) is 8.88. The summed E-state index contributed by atoms with van der Waals surface area (Å²) in [5.41, 5.74) is 0. The van der Waals surface area contributed by atoms with E-state index in [1.54, 1.807) is 0 Å². The van der Waals surface area contributed by atoms with Crippen LogP contribution in [0.25, 0.3) is 0 Å². The molecule has 0 amide bonds. The molecule has 2 fully saturated rings. The molecular weight excluding hydrogens is 224 g/mol. The Bertz CT molecular complexity index is 209. The van der Waals surface area contributed by atoms with Gasteiger partial charge in [0, 0.05) is 32.3 Å². The number of piperidine rings is 1. The van der Waals surface area contributed by atoms with Crippen molar-refractivity contribution in [1.82, 2.24) is 10.2 Å². The van der Waals surface area contributed by atoms with Crippen molar-refractivity contribution in [3.8, 4) is 0 Å². The van der Waals surface area contributed by atoms with E-state index < -0.39 is 0 Å². The lowest BCUT2D eigenvalue weighted by Crippen LogP contribution is -2.42. The molecule has 0 bridgehead atoms. The lowest BCUT2D eigenvalue weighted by atomic mass is 9.92. The van der Waals surface area contributed by atoms with Crippen LogP contribution in [0.3, 0.4) is 0 Å². The van der Waals surface area contributed by atoms with E-state index in [2.05, 4.69) is 17.1 Å². The van der Waals surface area contributed by atoms with Crippen molar-refractivity contribution in [3.05, 3.63) is 0 Å². The van der Waals surface area contributed by atoms with Gasteiger partial charge in [0.2, 0.25) is 0 Å². The second-order valence-electron chi connectivity index (χ2n) is 5.91. The zero-order valence-corrected chi connectivity index (χ0v) is 12.0. The van der Waals surface area contributed by atoms with E-state index in [1.807, 2.05) is 0 Å². The molecule has 2 heterocycles. The van der Waals surface area contributed by atoms with Crippen LogP contribution in [0.4, 0.5) is 0 Å². The van der Waals surface area contributed by atoms with Crippen molar-refractivity contribution in [2.45, 2.75) is 51.5 Å². The van der Waals surface area contributed by atoms with Gasteiger partial charge in [0.1, 0.15) is 0 Å². The minimum Gasteiger partial charge on any atom is -0.381 e. The van der Waals surface area contributed by atoms with Gasteiger partial charge in [-0.25, -0.2) is 0 Å². The molecule has 3 heteroatoms. The summed E-state index contributed by atoms with van der Waals surface area (Å²) in [6, 6.07) is 0.705. The normalized spacial score (nSPS) is 24.5. The Balaban J connectivity index is 1.52. The summed E-state index contributed by atoms with van der Waals surface area (Å²) in [7, 11) is 0. The van der Waals surface area contributed by atoms with Gasteiger partial charge in [-0.2, -0.15) is 0 Å². The maximum Gasteiger partial charge on any atom is 0.0480 e. The Kier molecular flexibility index (Phi) is 6.46. The van der Waals surface area contributed by atoms with Gasteiger partial charge in [-0.3, -0.25) is 0 Å². The zero-order chi connectivity index (χ0) is 12.6. The monoisotopic (exact) mass is 254 g/mol. The quantitative estimate of drug-likeness (QED) is 0.787. The minimum absolute atomic E-state index is 0.705. The van der Waals surface area contributed by atoms with Gasteiger partial charge < -0.3 is 15.0 Å². The first-order valence-corrected chi connectivity index (χ1v) is 7.92. The van der Waals surface area contributed by atoms with Crippen molar-refractivity contribution >= 4 is 0 Å². The first-order valence-electron chi connectivity index (χ1n) is 7.92. The van der Waals surface area contributed by atoms with Gasteiger partial charge in [-0.15, -0.1) is 0 Å². The summed E-state index contributed by atoms with van der Waals surface area (Å²) in [5, 5.41) is 3.68. The average molecular weight is 254 g/mol. The third kappa shape index (κ3) is 4.87. The predicted molar refractivity (Wildman–Crippen MR) is 75.9 cm³/mol. The average Bonchev–Trinajstić information content (AvgIpc) is 2.42. The summed E-state index contributed by atoms with van der Waals surface area (Å²) >= 11 is 0. The zero-order valence-electron chi connectivity index (χ0n) is 12.0. The van der Waals surface area contributed by atoms with E-state index in [-0.39, 0.29) is 0 Å². The lowest BCUT2D eigenvalue weighted by molar-refractivity contribution is 0.0766. The second-order valence-corrected chi connectivity index (χ2v) is 5.91. The van der Waals surface area contributed by atoms with Gasteiger partial charge in [-0.05, 0) is 44.7 Å². The summed E-state index contributed by atoms with van der Waals surface area (Å²) < 4.78 is 5.38. The smallest absolute Gasteiger partial charge is 0.0480 e. The molecule has 2 saturated heterocycles. The highest BCUT2D eigenvalue weighted by molar-refractivity contribution is 4.74. The van der Waals surface area contributed by atoms with E-state index >= 15 is 0 Å². The van der Waals surface area contributed by atoms with Crippen LogP contribution in [0.2, 0.25) is 0 Å². The number of hydrogen-bond donors (Lipinski definition) is 1. The summed E-state index contributed by atoms with van der Waals surface area (Å²) in [6.45, 7) is 9.23. The topological polar surface area (TPSA) is 24.5 Å². The fourth-order valence-corrected chi connectivity index (χ4v) is 3.24. The Morgan fingerprint density at radius 1 is 1.11 bits per heavy atom. The summed E-state index contributed by atoms with van der Waals surface area (Å²) in [5.74, 6) is 1.01. The third-order valence-electron chi connectivity index (χ3n) is 4.49. The van der Waals surface area contributed by atoms with Gasteiger partial charge in [0.25, 0.3) is 0 Å². The maximum absolute atomic E-state index is 5.38. The van der Waals surface area contributed by atoms with Crippen LogP contribution in [0, 0.1) is 5.92 Å². The molecule has 0 aliphatic carbocycles. The molecule has 0 spiro atoms. The molecule has 3 nitrogen and oxygen atoms in total. The maximum atomic E-state index is 5.38. The molecule has 2 aliphatic heterocycles. The Morgan fingerprint density at radius 2 is 1.83 bits per heavy atom. The van der Waals surface area contributed by atoms with Crippen LogP contribution in [0.5, 0.6) is 0 Å². The van der Waals surface area contributed by atoms with E-state index in [0.717, 1.165) is 25.7 Å². The SMILES string of the molecule is CCCC1CCN(CCNC2CCOCC2)CC1. The van der Waals surface area contributed by atoms with Gasteiger partial charge in [0.15, 0.2) is 0 Å². The lowest BCUT2D eigenvalue weighted by Gasteiger charge is -2.32. The van der Waals surface area contributed by atoms with Crippen molar-refractivity contribution in [1.29, 1.82) is 0 Å². The fraction of sp³-hybridized carbons (Fsp3) is 1.00. The standard InChI is InChI=1S/C15H30N2O/c1-2-3-14-4-9-17(10-5-14)11-8-16-15-6-12-18-13-7-15/h14-16H,2-13H2,1H3. The van der Waals surface area contributed by atoms with Crippen LogP contribution in [0.1, 0.15) is 45.4 Å². The number of nitrogens with one attached hydrogen (secondary N) is 1. The molecule has 0 unspecified atom stereocenters. The van der Waals surface area contributed by atoms with E-state index in [9.17, 15) is 0 Å². The number of nitrogens with zero attached hydrogens (tertiary/aromatic N) is 1. The first kappa shape index (κ1) is 14.3. The Hall–Kier alpha value is -0.120. The van der Waals surface area contributed by atoms with Gasteiger partial charge in [0.05, 0.1) is 0 Å². The van der Waals surface area contributed by atoms with E-state index in [1.165, 1.54) is 58.2 Å². The fourth-order valence-electron chi connectivity index (χ4n) is 3.24. The van der Waals surface area contributed by atoms with Crippen molar-refractivity contribution < 1.29 is 4.74 Å². The van der Waals surface area contributed by atoms with E-state index in [4.69, 9.17) is 4.74 Å². The molecule has 0 aromatic rings. The van der Waals surface area contributed by atoms with Gasteiger partial charge >= 0.3 is 0 Å². The highest BCUT2D eigenvalue weighted by atomic mass is 16.5. The molecule has 0 saturated carbocycles. The molecule has 106 valence electrons. The summed E-state index contributed by atoms with van der Waals surface area (Å²) in [6.07, 6.45) is 8.03. The van der Waals surface area contributed by atoms with Crippen molar-refractivity contribution in [3.63, 3.8) is 0 Å². The molecule has 2 aliphatic rings. The highest BCUT2D eigenvalue weighted by Crippen LogP contribution is 2.21. The van der Waals surface area contributed by atoms with Gasteiger partial charge in [-0.1, -0.05) is 19.8 Å². The number of rotatable bonds is 6. The molecule has 18 heavy (non-hydrogen) atoms. The number of ether oxygens (including phenoxy) is 1. The predicted octanol–water partition coefficient (Wildman–Crippen LogP) is 2.27. The van der Waals surface area contributed by atoms with E-state index in [0.29, 0.717) is 6.04 Å². The molecule has 0 aromatic carbocycles. The number of hydrogen-bond acceptors (Lipinski definition) is 3. The Morgan fingerprint density at radius 3 is 2.50 bits per heavy atom. The van der Waals surface area contributed by atoms with Crippen molar-refractivity contribution in [2.24, 2.45) is 5.92 Å². The molecule has 0 aromatic heterocycles. The van der Waals surface area contributed by atoms with Crippen LogP contribution in [0.15, 0.2) is 0 Å². The second kappa shape index (κ2) is 8.13. The van der Waals surface area contributed by atoms with Crippen LogP contribution in [-0.2, 0) is 4.74 Å².